The standard InChI is InChI=1S/C27H22FNO6/c1-15-14-18(6-13-22(15)28)25(31)23-24(17-4-9-21(10-5-17)35-16(2)30)29(27(33)26(23)32)19-7-11-20(34-3)12-8-19/h4-14,24,31H,1-3H3/b25-23-. The van der Waals surface area contributed by atoms with E-state index in [9.17, 15) is 23.9 Å². The molecule has 35 heavy (non-hydrogen) atoms. The topological polar surface area (TPSA) is 93.1 Å². The van der Waals surface area contributed by atoms with Gasteiger partial charge in [-0.25, -0.2) is 4.39 Å². The highest BCUT2D eigenvalue weighted by molar-refractivity contribution is 6.51. The van der Waals surface area contributed by atoms with Gasteiger partial charge in [-0.15, -0.1) is 0 Å². The minimum atomic E-state index is -0.986. The molecule has 1 heterocycles. The third-order valence-corrected chi connectivity index (χ3v) is 5.68. The van der Waals surface area contributed by atoms with Crippen LogP contribution in [0.2, 0.25) is 0 Å². The zero-order chi connectivity index (χ0) is 25.3. The molecule has 0 radical (unpaired) electrons. The molecule has 1 saturated heterocycles. The van der Waals surface area contributed by atoms with Gasteiger partial charge >= 0.3 is 5.97 Å². The lowest BCUT2D eigenvalue weighted by atomic mass is 9.94. The third-order valence-electron chi connectivity index (χ3n) is 5.68. The van der Waals surface area contributed by atoms with Crippen molar-refractivity contribution in [2.45, 2.75) is 19.9 Å². The predicted molar refractivity (Wildman–Crippen MR) is 127 cm³/mol. The summed E-state index contributed by atoms with van der Waals surface area (Å²) in [5, 5.41) is 11.1. The van der Waals surface area contributed by atoms with E-state index in [-0.39, 0.29) is 22.4 Å². The zero-order valence-corrected chi connectivity index (χ0v) is 19.2. The van der Waals surface area contributed by atoms with Crippen LogP contribution in [0.3, 0.4) is 0 Å². The summed E-state index contributed by atoms with van der Waals surface area (Å²) >= 11 is 0. The van der Waals surface area contributed by atoms with Crippen molar-refractivity contribution in [2.75, 3.05) is 12.0 Å². The number of methoxy groups -OCH3 is 1. The summed E-state index contributed by atoms with van der Waals surface area (Å²) in [6.45, 7) is 2.81. The van der Waals surface area contributed by atoms with E-state index in [0.717, 1.165) is 0 Å². The molecule has 8 heteroatoms. The number of hydrogen-bond acceptors (Lipinski definition) is 6. The Balaban J connectivity index is 1.89. The second kappa shape index (κ2) is 9.42. The first-order chi connectivity index (χ1) is 16.7. The second-order valence-corrected chi connectivity index (χ2v) is 7.99. The van der Waals surface area contributed by atoms with E-state index >= 15 is 0 Å². The van der Waals surface area contributed by atoms with Gasteiger partial charge in [0.25, 0.3) is 11.7 Å². The number of aryl methyl sites for hydroxylation is 1. The molecule has 0 saturated carbocycles. The van der Waals surface area contributed by atoms with Crippen molar-refractivity contribution >= 4 is 29.1 Å². The van der Waals surface area contributed by atoms with Crippen LogP contribution >= 0.6 is 0 Å². The first-order valence-electron chi connectivity index (χ1n) is 10.7. The van der Waals surface area contributed by atoms with Crippen LogP contribution < -0.4 is 14.4 Å². The Labute approximate surface area is 201 Å². The highest BCUT2D eigenvalue weighted by Gasteiger charge is 2.47. The Kier molecular flexibility index (Phi) is 6.38. The van der Waals surface area contributed by atoms with E-state index in [0.29, 0.717) is 17.0 Å². The maximum Gasteiger partial charge on any atom is 0.308 e. The second-order valence-electron chi connectivity index (χ2n) is 7.99. The summed E-state index contributed by atoms with van der Waals surface area (Å²) in [6, 6.07) is 15.8. The van der Waals surface area contributed by atoms with Crippen LogP contribution in [0.4, 0.5) is 10.1 Å². The Morgan fingerprint density at radius 3 is 2.17 bits per heavy atom. The number of rotatable bonds is 5. The summed E-state index contributed by atoms with van der Waals surface area (Å²) in [5.74, 6) is -2.23. The summed E-state index contributed by atoms with van der Waals surface area (Å²) < 4.78 is 24.1. The summed E-state index contributed by atoms with van der Waals surface area (Å²) in [4.78, 5) is 39.0. The molecule has 4 rings (SSSR count). The lowest BCUT2D eigenvalue weighted by molar-refractivity contribution is -0.132. The van der Waals surface area contributed by atoms with Gasteiger partial charge in [0.2, 0.25) is 0 Å². The van der Waals surface area contributed by atoms with Crippen LogP contribution in [0.25, 0.3) is 5.76 Å². The highest BCUT2D eigenvalue weighted by atomic mass is 19.1. The molecule has 1 aliphatic heterocycles. The minimum absolute atomic E-state index is 0.142. The SMILES string of the molecule is COc1ccc(N2C(=O)C(=O)/C(=C(\O)c3ccc(F)c(C)c3)C2c2ccc(OC(C)=O)cc2)cc1. The number of ether oxygens (including phenoxy) is 2. The predicted octanol–water partition coefficient (Wildman–Crippen LogP) is 4.69. The van der Waals surface area contributed by atoms with E-state index in [4.69, 9.17) is 9.47 Å². The molecule has 0 spiro atoms. The van der Waals surface area contributed by atoms with Crippen LogP contribution in [0, 0.1) is 12.7 Å². The molecule has 1 unspecified atom stereocenters. The van der Waals surface area contributed by atoms with Crippen molar-refractivity contribution in [1.82, 2.24) is 0 Å². The quantitative estimate of drug-likeness (QED) is 0.189. The largest absolute Gasteiger partial charge is 0.507 e. The van der Waals surface area contributed by atoms with Crippen LogP contribution in [-0.2, 0) is 14.4 Å². The highest BCUT2D eigenvalue weighted by Crippen LogP contribution is 2.42. The molecular formula is C27H22FNO6. The number of aliphatic hydroxyl groups is 1. The summed E-state index contributed by atoms with van der Waals surface area (Å²) in [7, 11) is 1.51. The molecule has 1 N–H and O–H groups in total. The van der Waals surface area contributed by atoms with Gasteiger partial charge in [-0.2, -0.15) is 0 Å². The number of carbonyl (C=O) groups excluding carboxylic acids is 3. The van der Waals surface area contributed by atoms with Gasteiger partial charge in [0, 0.05) is 18.2 Å². The normalized spacial score (nSPS) is 16.9. The van der Waals surface area contributed by atoms with Crippen molar-refractivity contribution in [2.24, 2.45) is 0 Å². The number of Topliss-reactive ketones (excluding diaryl/α,β-unsaturated/α-hetero) is 1. The Bertz CT molecular complexity index is 1350. The smallest absolute Gasteiger partial charge is 0.308 e. The van der Waals surface area contributed by atoms with Crippen LogP contribution in [-0.4, -0.2) is 29.9 Å². The van der Waals surface area contributed by atoms with Gasteiger partial charge in [-0.1, -0.05) is 12.1 Å². The molecule has 178 valence electrons. The van der Waals surface area contributed by atoms with E-state index in [1.165, 1.54) is 56.2 Å². The van der Waals surface area contributed by atoms with E-state index < -0.39 is 35.3 Å². The number of aliphatic hydroxyl groups excluding tert-OH is 1. The van der Waals surface area contributed by atoms with Crippen LogP contribution in [0.5, 0.6) is 11.5 Å². The van der Waals surface area contributed by atoms with Gasteiger partial charge in [0.15, 0.2) is 0 Å². The number of halogens is 1. The molecule has 0 aliphatic carbocycles. The monoisotopic (exact) mass is 475 g/mol. The molecule has 7 nitrogen and oxygen atoms in total. The lowest BCUT2D eigenvalue weighted by Crippen LogP contribution is -2.29. The van der Waals surface area contributed by atoms with Crippen molar-refractivity contribution in [3.05, 3.63) is 94.8 Å². The summed E-state index contributed by atoms with van der Waals surface area (Å²) in [5.41, 5.74) is 1.25. The fraction of sp³-hybridized carbons (Fsp3) is 0.148. The van der Waals surface area contributed by atoms with Gasteiger partial charge < -0.3 is 14.6 Å². The number of amides is 1. The third kappa shape index (κ3) is 4.50. The van der Waals surface area contributed by atoms with Crippen molar-refractivity contribution in [3.63, 3.8) is 0 Å². The summed E-state index contributed by atoms with van der Waals surface area (Å²) in [6.07, 6.45) is 0. The number of ketones is 1. The number of anilines is 1. The van der Waals surface area contributed by atoms with Crippen LogP contribution in [0.15, 0.2) is 72.3 Å². The molecule has 3 aromatic rings. The molecular weight excluding hydrogens is 453 g/mol. The van der Waals surface area contributed by atoms with E-state index in [2.05, 4.69) is 0 Å². The maximum atomic E-state index is 13.8. The lowest BCUT2D eigenvalue weighted by Gasteiger charge is -2.25. The first kappa shape index (κ1) is 23.7. The Morgan fingerprint density at radius 1 is 0.971 bits per heavy atom. The minimum Gasteiger partial charge on any atom is -0.507 e. The first-order valence-corrected chi connectivity index (χ1v) is 10.7. The number of esters is 1. The Hall–Kier alpha value is -4.46. The fourth-order valence-electron chi connectivity index (χ4n) is 3.99. The average Bonchev–Trinajstić information content (AvgIpc) is 3.11. The zero-order valence-electron chi connectivity index (χ0n) is 19.2. The number of carbonyl (C=O) groups is 3. The molecule has 0 aromatic heterocycles. The average molecular weight is 475 g/mol. The van der Waals surface area contributed by atoms with Crippen LogP contribution in [0.1, 0.15) is 29.7 Å². The van der Waals surface area contributed by atoms with Gasteiger partial charge in [-0.3, -0.25) is 19.3 Å². The van der Waals surface area contributed by atoms with Crippen molar-refractivity contribution in [1.29, 1.82) is 0 Å². The van der Waals surface area contributed by atoms with Gasteiger partial charge in [0.1, 0.15) is 23.1 Å². The molecule has 1 aliphatic rings. The molecule has 1 fully saturated rings. The Morgan fingerprint density at radius 2 is 1.60 bits per heavy atom. The molecule has 1 amide bonds. The van der Waals surface area contributed by atoms with Gasteiger partial charge in [-0.05, 0) is 72.6 Å². The number of benzene rings is 3. The molecule has 3 aromatic carbocycles. The van der Waals surface area contributed by atoms with Crippen molar-refractivity contribution in [3.8, 4) is 11.5 Å². The van der Waals surface area contributed by atoms with Crippen molar-refractivity contribution < 1.29 is 33.4 Å². The molecule has 1 atom stereocenters. The molecule has 0 bridgehead atoms. The number of hydrogen-bond donors (Lipinski definition) is 1. The number of nitrogens with zero attached hydrogens (tertiary/aromatic N) is 1. The van der Waals surface area contributed by atoms with Gasteiger partial charge in [0.05, 0.1) is 18.7 Å². The maximum absolute atomic E-state index is 13.8. The fourth-order valence-corrected chi connectivity index (χ4v) is 3.99. The van der Waals surface area contributed by atoms with E-state index in [1.54, 1.807) is 36.4 Å². The van der Waals surface area contributed by atoms with E-state index in [1.807, 2.05) is 0 Å².